The fourth-order valence-electron chi connectivity index (χ4n) is 2.52. The zero-order valence-corrected chi connectivity index (χ0v) is 12.4. The van der Waals surface area contributed by atoms with Gasteiger partial charge in [0.15, 0.2) is 0 Å². The van der Waals surface area contributed by atoms with Crippen LogP contribution in [-0.2, 0) is 4.79 Å². The third kappa shape index (κ3) is 4.32. The highest BCUT2D eigenvalue weighted by molar-refractivity contribution is 5.78. The molecule has 1 aliphatic heterocycles. The molecule has 1 saturated heterocycles. The molecule has 1 heterocycles. The maximum absolute atomic E-state index is 12.0. The van der Waals surface area contributed by atoms with Crippen molar-refractivity contribution < 1.29 is 4.79 Å². The van der Waals surface area contributed by atoms with Crippen LogP contribution >= 0.6 is 0 Å². The Morgan fingerprint density at radius 3 is 2.90 bits per heavy atom. The number of nitrogens with one attached hydrogen (secondary N) is 2. The van der Waals surface area contributed by atoms with Crippen LogP contribution in [0, 0.1) is 0 Å². The molecule has 1 aromatic rings. The van der Waals surface area contributed by atoms with Gasteiger partial charge in [-0.15, -0.1) is 0 Å². The van der Waals surface area contributed by atoms with Crippen LogP contribution in [-0.4, -0.2) is 49.6 Å². The lowest BCUT2D eigenvalue weighted by Crippen LogP contribution is -2.52. The fraction of sp³-hybridized carbons (Fsp3) is 0.562. The van der Waals surface area contributed by atoms with E-state index in [4.69, 9.17) is 0 Å². The van der Waals surface area contributed by atoms with E-state index in [2.05, 4.69) is 41.5 Å². The first-order valence-corrected chi connectivity index (χ1v) is 7.43. The van der Waals surface area contributed by atoms with Crippen LogP contribution in [0.2, 0.25) is 0 Å². The van der Waals surface area contributed by atoms with Crippen LogP contribution in [0.15, 0.2) is 30.3 Å². The molecule has 4 heteroatoms. The molecule has 1 aliphatic rings. The number of carbonyl (C=O) groups excluding carboxylic acids is 1. The van der Waals surface area contributed by atoms with Crippen LogP contribution in [0.25, 0.3) is 0 Å². The van der Waals surface area contributed by atoms with Crippen molar-refractivity contribution in [2.24, 2.45) is 0 Å². The smallest absolute Gasteiger partial charge is 0.234 e. The molecular weight excluding hydrogens is 250 g/mol. The lowest BCUT2D eigenvalue weighted by Gasteiger charge is -2.33. The lowest BCUT2D eigenvalue weighted by molar-refractivity contribution is -0.123. The van der Waals surface area contributed by atoms with E-state index in [0.29, 0.717) is 25.0 Å². The van der Waals surface area contributed by atoms with Crippen LogP contribution in [0.3, 0.4) is 0 Å². The summed E-state index contributed by atoms with van der Waals surface area (Å²) in [6.07, 6.45) is 0. The zero-order valence-electron chi connectivity index (χ0n) is 12.4. The SMILES string of the molecule is CC(CNC(=O)CN1CCNC[C@@H]1C)c1ccccc1. The Morgan fingerprint density at radius 2 is 2.20 bits per heavy atom. The van der Waals surface area contributed by atoms with Gasteiger partial charge in [-0.25, -0.2) is 0 Å². The largest absolute Gasteiger partial charge is 0.354 e. The van der Waals surface area contributed by atoms with Gasteiger partial charge in [-0.05, 0) is 18.4 Å². The number of hydrogen-bond donors (Lipinski definition) is 2. The number of benzene rings is 1. The number of hydrogen-bond acceptors (Lipinski definition) is 3. The second-order valence-corrected chi connectivity index (χ2v) is 5.64. The monoisotopic (exact) mass is 275 g/mol. The Labute approximate surface area is 121 Å². The Bertz CT molecular complexity index is 421. The molecule has 2 atom stereocenters. The molecule has 0 aromatic heterocycles. The van der Waals surface area contributed by atoms with Gasteiger partial charge in [0.25, 0.3) is 0 Å². The van der Waals surface area contributed by atoms with Crippen molar-refractivity contribution >= 4 is 5.91 Å². The second-order valence-electron chi connectivity index (χ2n) is 5.64. The van der Waals surface area contributed by atoms with Gasteiger partial charge in [0.1, 0.15) is 0 Å². The first kappa shape index (κ1) is 15.0. The van der Waals surface area contributed by atoms with Gasteiger partial charge in [-0.1, -0.05) is 37.3 Å². The highest BCUT2D eigenvalue weighted by atomic mass is 16.2. The summed E-state index contributed by atoms with van der Waals surface area (Å²) < 4.78 is 0. The average molecular weight is 275 g/mol. The van der Waals surface area contributed by atoms with Crippen molar-refractivity contribution in [3.05, 3.63) is 35.9 Å². The van der Waals surface area contributed by atoms with Gasteiger partial charge in [0.2, 0.25) is 5.91 Å². The molecule has 4 nitrogen and oxygen atoms in total. The van der Waals surface area contributed by atoms with E-state index < -0.39 is 0 Å². The third-order valence-corrected chi connectivity index (χ3v) is 3.96. The maximum atomic E-state index is 12.0. The van der Waals surface area contributed by atoms with E-state index in [9.17, 15) is 4.79 Å². The van der Waals surface area contributed by atoms with Crippen molar-refractivity contribution in [2.75, 3.05) is 32.7 Å². The number of amides is 1. The molecule has 1 amide bonds. The predicted molar refractivity (Wildman–Crippen MR) is 81.8 cm³/mol. The van der Waals surface area contributed by atoms with Gasteiger partial charge >= 0.3 is 0 Å². The molecule has 0 saturated carbocycles. The molecular formula is C16H25N3O. The summed E-state index contributed by atoms with van der Waals surface area (Å²) in [4.78, 5) is 14.3. The molecule has 1 aromatic carbocycles. The van der Waals surface area contributed by atoms with Crippen LogP contribution in [0.4, 0.5) is 0 Å². The molecule has 0 bridgehead atoms. The number of carbonyl (C=O) groups is 1. The van der Waals surface area contributed by atoms with Gasteiger partial charge in [0.05, 0.1) is 6.54 Å². The average Bonchev–Trinajstić information content (AvgIpc) is 2.48. The second kappa shape index (κ2) is 7.41. The molecule has 2 rings (SSSR count). The molecule has 2 N–H and O–H groups in total. The summed E-state index contributed by atoms with van der Waals surface area (Å²) in [6.45, 7) is 8.39. The zero-order chi connectivity index (χ0) is 14.4. The molecule has 0 aliphatic carbocycles. The van der Waals surface area contributed by atoms with Crippen LogP contribution in [0.1, 0.15) is 25.3 Å². The van der Waals surface area contributed by atoms with Crippen molar-refractivity contribution in [1.82, 2.24) is 15.5 Å². The van der Waals surface area contributed by atoms with E-state index in [1.54, 1.807) is 0 Å². The predicted octanol–water partition coefficient (Wildman–Crippen LogP) is 1.20. The summed E-state index contributed by atoms with van der Waals surface area (Å²) in [5.41, 5.74) is 1.27. The van der Waals surface area contributed by atoms with Gasteiger partial charge < -0.3 is 10.6 Å². The lowest BCUT2D eigenvalue weighted by atomic mass is 10.0. The number of rotatable bonds is 5. The van der Waals surface area contributed by atoms with Gasteiger partial charge in [-0.3, -0.25) is 9.69 Å². The maximum Gasteiger partial charge on any atom is 0.234 e. The first-order valence-electron chi connectivity index (χ1n) is 7.43. The molecule has 110 valence electrons. The van der Waals surface area contributed by atoms with Crippen molar-refractivity contribution in [3.8, 4) is 0 Å². The van der Waals surface area contributed by atoms with E-state index in [1.165, 1.54) is 5.56 Å². The van der Waals surface area contributed by atoms with Gasteiger partial charge in [-0.2, -0.15) is 0 Å². The van der Waals surface area contributed by atoms with Crippen molar-refractivity contribution in [2.45, 2.75) is 25.8 Å². The molecule has 0 radical (unpaired) electrons. The Morgan fingerprint density at radius 1 is 1.45 bits per heavy atom. The molecule has 1 unspecified atom stereocenters. The summed E-state index contributed by atoms with van der Waals surface area (Å²) in [6, 6.07) is 10.7. The number of piperazine rings is 1. The Balaban J connectivity index is 1.74. The van der Waals surface area contributed by atoms with E-state index in [0.717, 1.165) is 19.6 Å². The summed E-state index contributed by atoms with van der Waals surface area (Å²) in [5, 5.41) is 6.38. The van der Waals surface area contributed by atoms with E-state index in [-0.39, 0.29) is 5.91 Å². The highest BCUT2D eigenvalue weighted by Gasteiger charge is 2.20. The molecule has 1 fully saturated rings. The van der Waals surface area contributed by atoms with Crippen LogP contribution in [0.5, 0.6) is 0 Å². The minimum absolute atomic E-state index is 0.126. The van der Waals surface area contributed by atoms with Crippen molar-refractivity contribution in [1.29, 1.82) is 0 Å². The molecule has 20 heavy (non-hydrogen) atoms. The Hall–Kier alpha value is -1.39. The number of nitrogens with zero attached hydrogens (tertiary/aromatic N) is 1. The van der Waals surface area contributed by atoms with Crippen LogP contribution < -0.4 is 10.6 Å². The quantitative estimate of drug-likeness (QED) is 0.849. The van der Waals surface area contributed by atoms with E-state index in [1.807, 2.05) is 18.2 Å². The van der Waals surface area contributed by atoms with Crippen molar-refractivity contribution in [3.63, 3.8) is 0 Å². The summed E-state index contributed by atoms with van der Waals surface area (Å²) in [5.74, 6) is 0.474. The third-order valence-electron chi connectivity index (χ3n) is 3.96. The first-order chi connectivity index (χ1) is 9.66. The fourth-order valence-corrected chi connectivity index (χ4v) is 2.52. The van der Waals surface area contributed by atoms with E-state index >= 15 is 0 Å². The minimum Gasteiger partial charge on any atom is -0.354 e. The normalized spacial score (nSPS) is 21.4. The Kier molecular flexibility index (Phi) is 5.56. The standard InChI is InChI=1S/C16H25N3O/c1-13(15-6-4-3-5-7-15)10-18-16(20)12-19-9-8-17-11-14(19)2/h3-7,13-14,17H,8-12H2,1-2H3,(H,18,20)/t13?,14-/m0/s1. The highest BCUT2D eigenvalue weighted by Crippen LogP contribution is 2.13. The minimum atomic E-state index is 0.126. The summed E-state index contributed by atoms with van der Waals surface area (Å²) in [7, 11) is 0. The summed E-state index contributed by atoms with van der Waals surface area (Å²) >= 11 is 0. The molecule has 0 spiro atoms. The van der Waals surface area contributed by atoms with Gasteiger partial charge in [0, 0.05) is 32.2 Å². The topological polar surface area (TPSA) is 44.4 Å².